The first kappa shape index (κ1) is 12.3. The quantitative estimate of drug-likeness (QED) is 0.749. The van der Waals surface area contributed by atoms with Gasteiger partial charge in [0, 0.05) is 5.54 Å². The van der Waals surface area contributed by atoms with Gasteiger partial charge >= 0.3 is 6.18 Å². The summed E-state index contributed by atoms with van der Waals surface area (Å²) in [6.07, 6.45) is -5.22. The van der Waals surface area contributed by atoms with E-state index in [0.29, 0.717) is 6.07 Å². The Bertz CT molecular complexity index is 438. The maximum atomic E-state index is 12.9. The summed E-state index contributed by atoms with van der Waals surface area (Å²) < 4.78 is 51.1. The van der Waals surface area contributed by atoms with E-state index in [1.807, 2.05) is 0 Å². The molecule has 2 nitrogen and oxygen atoms in total. The molecule has 6 heteroatoms. The van der Waals surface area contributed by atoms with Gasteiger partial charge in [0.25, 0.3) is 0 Å². The molecule has 0 saturated heterocycles. The predicted molar refractivity (Wildman–Crippen MR) is 52.5 cm³/mol. The van der Waals surface area contributed by atoms with Crippen LogP contribution >= 0.6 is 0 Å². The monoisotopic (exact) mass is 249 g/mol. The van der Waals surface area contributed by atoms with Crippen molar-refractivity contribution in [3.05, 3.63) is 35.1 Å². The summed E-state index contributed by atoms with van der Waals surface area (Å²) in [6, 6.07) is 2.43. The Morgan fingerprint density at radius 1 is 1.29 bits per heavy atom. The fourth-order valence-electron chi connectivity index (χ4n) is 2.19. The molecule has 1 aromatic rings. The van der Waals surface area contributed by atoms with Crippen LogP contribution in [-0.2, 0) is 11.7 Å². The normalized spacial score (nSPS) is 28.9. The van der Waals surface area contributed by atoms with Crippen molar-refractivity contribution in [3.63, 3.8) is 0 Å². The molecule has 1 fully saturated rings. The van der Waals surface area contributed by atoms with E-state index < -0.39 is 29.2 Å². The van der Waals surface area contributed by atoms with E-state index in [9.17, 15) is 17.6 Å². The van der Waals surface area contributed by atoms with Crippen LogP contribution < -0.4 is 5.73 Å². The molecule has 0 aromatic heterocycles. The molecule has 0 radical (unpaired) electrons. The Hall–Kier alpha value is -1.14. The lowest BCUT2D eigenvalue weighted by Crippen LogP contribution is -2.52. The summed E-state index contributed by atoms with van der Waals surface area (Å²) in [5.74, 6) is -0.954. The molecule has 0 bridgehead atoms. The number of aliphatic hydroxyl groups excluding tert-OH is 1. The highest BCUT2D eigenvalue weighted by Gasteiger charge is 2.46. The number of nitrogens with two attached hydrogens (primary N) is 1. The van der Waals surface area contributed by atoms with E-state index in [0.717, 1.165) is 12.1 Å². The van der Waals surface area contributed by atoms with Gasteiger partial charge in [-0.15, -0.1) is 0 Å². The van der Waals surface area contributed by atoms with E-state index in [4.69, 9.17) is 10.8 Å². The van der Waals surface area contributed by atoms with Gasteiger partial charge in [0.05, 0.1) is 11.7 Å². The molecule has 1 aliphatic carbocycles. The van der Waals surface area contributed by atoms with Crippen LogP contribution in [0.4, 0.5) is 17.6 Å². The van der Waals surface area contributed by atoms with Crippen LogP contribution in [0.5, 0.6) is 0 Å². The molecule has 1 aliphatic rings. The first-order chi connectivity index (χ1) is 7.72. The number of alkyl halides is 3. The fourth-order valence-corrected chi connectivity index (χ4v) is 2.19. The van der Waals surface area contributed by atoms with E-state index in [-0.39, 0.29) is 18.4 Å². The largest absolute Gasteiger partial charge is 0.416 e. The Kier molecular flexibility index (Phi) is 2.67. The summed E-state index contributed by atoms with van der Waals surface area (Å²) in [7, 11) is 0. The first-order valence-electron chi connectivity index (χ1n) is 5.06. The Morgan fingerprint density at radius 3 is 2.35 bits per heavy atom. The summed E-state index contributed by atoms with van der Waals surface area (Å²) in [5.41, 5.74) is 3.35. The maximum absolute atomic E-state index is 12.9. The van der Waals surface area contributed by atoms with Gasteiger partial charge in [-0.05, 0) is 30.5 Å². The molecule has 17 heavy (non-hydrogen) atoms. The number of halogens is 4. The third kappa shape index (κ3) is 2.14. The zero-order valence-electron chi connectivity index (χ0n) is 8.76. The van der Waals surface area contributed by atoms with Crippen LogP contribution in [0.3, 0.4) is 0 Å². The lowest BCUT2D eigenvalue weighted by atomic mass is 9.69. The van der Waals surface area contributed by atoms with Crippen LogP contribution in [0.2, 0.25) is 0 Å². The summed E-state index contributed by atoms with van der Waals surface area (Å²) in [5, 5.41) is 9.16. The molecule has 94 valence electrons. The minimum atomic E-state index is -4.65. The van der Waals surface area contributed by atoms with Gasteiger partial charge in [0.2, 0.25) is 0 Å². The van der Waals surface area contributed by atoms with E-state index in [1.54, 1.807) is 0 Å². The topological polar surface area (TPSA) is 46.2 Å². The predicted octanol–water partition coefficient (Wildman–Crippen LogP) is 2.15. The molecule has 0 aliphatic heterocycles. The van der Waals surface area contributed by atoms with E-state index in [1.165, 1.54) is 0 Å². The van der Waals surface area contributed by atoms with Gasteiger partial charge < -0.3 is 10.8 Å². The smallest absolute Gasteiger partial charge is 0.393 e. The van der Waals surface area contributed by atoms with Crippen molar-refractivity contribution in [2.45, 2.75) is 30.7 Å². The van der Waals surface area contributed by atoms with Gasteiger partial charge in [-0.1, -0.05) is 6.07 Å². The van der Waals surface area contributed by atoms with Crippen LogP contribution in [0, 0.1) is 5.82 Å². The summed E-state index contributed by atoms with van der Waals surface area (Å²) in [4.78, 5) is 0. The highest BCUT2D eigenvalue weighted by molar-refractivity contribution is 5.38. The molecule has 1 aromatic carbocycles. The number of hydrogen-bond donors (Lipinski definition) is 2. The average Bonchev–Trinajstić information content (AvgIpc) is 2.13. The minimum Gasteiger partial charge on any atom is -0.393 e. The number of aliphatic hydroxyl groups is 1. The highest BCUT2D eigenvalue weighted by Crippen LogP contribution is 2.44. The van der Waals surface area contributed by atoms with Crippen molar-refractivity contribution in [3.8, 4) is 0 Å². The summed E-state index contributed by atoms with van der Waals surface area (Å²) in [6.45, 7) is 0. The fraction of sp³-hybridized carbons (Fsp3) is 0.455. The second kappa shape index (κ2) is 3.68. The Morgan fingerprint density at radius 2 is 1.88 bits per heavy atom. The molecule has 2 rings (SSSR count). The van der Waals surface area contributed by atoms with Crippen molar-refractivity contribution in [2.24, 2.45) is 5.73 Å². The second-order valence-corrected chi connectivity index (χ2v) is 4.41. The van der Waals surface area contributed by atoms with Gasteiger partial charge in [-0.2, -0.15) is 13.2 Å². The molecule has 0 spiro atoms. The van der Waals surface area contributed by atoms with Crippen molar-refractivity contribution in [1.82, 2.24) is 0 Å². The zero-order chi connectivity index (χ0) is 12.8. The van der Waals surface area contributed by atoms with Gasteiger partial charge in [0.1, 0.15) is 5.82 Å². The first-order valence-corrected chi connectivity index (χ1v) is 5.06. The number of rotatable bonds is 1. The van der Waals surface area contributed by atoms with Crippen molar-refractivity contribution >= 4 is 0 Å². The molecule has 0 unspecified atom stereocenters. The molecule has 3 N–H and O–H groups in total. The van der Waals surface area contributed by atoms with Crippen molar-refractivity contribution in [2.75, 3.05) is 0 Å². The van der Waals surface area contributed by atoms with Crippen LogP contribution in [0.1, 0.15) is 24.0 Å². The second-order valence-electron chi connectivity index (χ2n) is 4.41. The van der Waals surface area contributed by atoms with Crippen LogP contribution in [0.15, 0.2) is 18.2 Å². The highest BCUT2D eigenvalue weighted by atomic mass is 19.4. The molecular formula is C11H11F4NO. The van der Waals surface area contributed by atoms with Crippen molar-refractivity contribution in [1.29, 1.82) is 0 Å². The standard InChI is InChI=1S/C11H11F4NO/c12-6-1-2-8(9(3-6)11(13,14)15)10(16)4-7(17)5-10/h1-3,7,17H,4-5,16H2. The van der Waals surface area contributed by atoms with Gasteiger partial charge in [0.15, 0.2) is 0 Å². The number of benzene rings is 1. The SMILES string of the molecule is NC1(c2ccc(F)cc2C(F)(F)F)CC(O)C1. The molecular weight excluding hydrogens is 238 g/mol. The van der Waals surface area contributed by atoms with Crippen LogP contribution in [0.25, 0.3) is 0 Å². The molecule has 0 heterocycles. The van der Waals surface area contributed by atoms with E-state index in [2.05, 4.69) is 0 Å². The minimum absolute atomic E-state index is 0.0573. The van der Waals surface area contributed by atoms with Gasteiger partial charge in [-0.3, -0.25) is 0 Å². The molecule has 0 amide bonds. The molecule has 1 saturated carbocycles. The average molecular weight is 249 g/mol. The maximum Gasteiger partial charge on any atom is 0.416 e. The lowest BCUT2D eigenvalue weighted by Gasteiger charge is -2.43. The van der Waals surface area contributed by atoms with Gasteiger partial charge in [-0.25, -0.2) is 4.39 Å². The lowest BCUT2D eigenvalue weighted by molar-refractivity contribution is -0.140. The third-order valence-corrected chi connectivity index (χ3v) is 3.02. The van der Waals surface area contributed by atoms with E-state index >= 15 is 0 Å². The Labute approximate surface area is 95.0 Å². The third-order valence-electron chi connectivity index (χ3n) is 3.02. The molecule has 0 atom stereocenters. The van der Waals surface area contributed by atoms with Crippen molar-refractivity contribution < 1.29 is 22.7 Å². The van der Waals surface area contributed by atoms with Crippen LogP contribution in [-0.4, -0.2) is 11.2 Å². The Balaban J connectivity index is 2.47. The zero-order valence-corrected chi connectivity index (χ0v) is 8.76. The number of hydrogen-bond acceptors (Lipinski definition) is 2. The summed E-state index contributed by atoms with van der Waals surface area (Å²) >= 11 is 0.